The topological polar surface area (TPSA) is 24.9 Å². The molecule has 0 bridgehead atoms. The van der Waals surface area contributed by atoms with E-state index in [-0.39, 0.29) is 0 Å². The van der Waals surface area contributed by atoms with Gasteiger partial charge in [-0.15, -0.1) is 0 Å². The molecule has 1 saturated carbocycles. The minimum absolute atomic E-state index is 0.720. The largest absolute Gasteiger partial charge is 0.310 e. The summed E-state index contributed by atoms with van der Waals surface area (Å²) in [4.78, 5) is 4.16. The van der Waals surface area contributed by atoms with Crippen LogP contribution in [0.3, 0.4) is 0 Å². The van der Waals surface area contributed by atoms with Gasteiger partial charge in [-0.05, 0) is 40.4 Å². The van der Waals surface area contributed by atoms with Crippen LogP contribution in [0.5, 0.6) is 0 Å². The summed E-state index contributed by atoms with van der Waals surface area (Å²) in [5, 5.41) is 3.60. The van der Waals surface area contributed by atoms with Crippen LogP contribution in [0.15, 0.2) is 22.9 Å². The van der Waals surface area contributed by atoms with Gasteiger partial charge in [0.1, 0.15) is 0 Å². The second kappa shape index (κ2) is 5.61. The molecule has 1 heterocycles. The molecule has 1 N–H and O–H groups in total. The minimum atomic E-state index is 0.720. The van der Waals surface area contributed by atoms with Crippen molar-refractivity contribution in [3.63, 3.8) is 0 Å². The Balaban J connectivity index is 1.81. The monoisotopic (exact) mass is 268 g/mol. The molecule has 0 atom stereocenters. The van der Waals surface area contributed by atoms with Crippen LogP contribution in [0.4, 0.5) is 0 Å². The van der Waals surface area contributed by atoms with Crippen LogP contribution in [0.1, 0.15) is 37.7 Å². The number of halogens is 1. The van der Waals surface area contributed by atoms with Crippen LogP contribution < -0.4 is 5.32 Å². The predicted molar refractivity (Wildman–Crippen MR) is 65.6 cm³/mol. The maximum atomic E-state index is 4.16. The predicted octanol–water partition coefficient (Wildman–Crippen LogP) is 3.27. The molecule has 0 saturated heterocycles. The number of rotatable bonds is 3. The molecule has 0 aliphatic heterocycles. The van der Waals surface area contributed by atoms with Gasteiger partial charge in [0.15, 0.2) is 0 Å². The Hall–Kier alpha value is -0.410. The molecule has 3 heteroatoms. The van der Waals surface area contributed by atoms with Gasteiger partial charge in [0.25, 0.3) is 0 Å². The Bertz CT molecular complexity index is 308. The lowest BCUT2D eigenvalue weighted by molar-refractivity contribution is 0.372. The van der Waals surface area contributed by atoms with E-state index in [2.05, 4.69) is 32.3 Å². The Morgan fingerprint density at radius 3 is 2.80 bits per heavy atom. The lowest BCUT2D eigenvalue weighted by atomic mass is 9.95. The molecule has 0 unspecified atom stereocenters. The van der Waals surface area contributed by atoms with Gasteiger partial charge in [-0.3, -0.25) is 4.98 Å². The molecular formula is C12H17BrN2. The summed E-state index contributed by atoms with van der Waals surface area (Å²) in [5.41, 5.74) is 1.26. The van der Waals surface area contributed by atoms with Gasteiger partial charge in [0, 0.05) is 29.5 Å². The molecule has 0 amide bonds. The normalized spacial score (nSPS) is 17.9. The lowest BCUT2D eigenvalue weighted by Crippen LogP contribution is -2.30. The van der Waals surface area contributed by atoms with Crippen LogP contribution in [0, 0.1) is 0 Å². The lowest BCUT2D eigenvalue weighted by Gasteiger charge is -2.22. The molecule has 1 fully saturated rings. The minimum Gasteiger partial charge on any atom is -0.310 e. The highest BCUT2D eigenvalue weighted by atomic mass is 79.9. The first-order valence-electron chi connectivity index (χ1n) is 5.67. The zero-order chi connectivity index (χ0) is 10.5. The second-order valence-corrected chi connectivity index (χ2v) is 5.14. The van der Waals surface area contributed by atoms with Crippen LogP contribution in [-0.2, 0) is 6.54 Å². The van der Waals surface area contributed by atoms with E-state index in [1.165, 1.54) is 37.7 Å². The number of aromatic nitrogens is 1. The van der Waals surface area contributed by atoms with Gasteiger partial charge in [0.05, 0.1) is 0 Å². The third-order valence-corrected chi connectivity index (χ3v) is 3.40. The average molecular weight is 269 g/mol. The van der Waals surface area contributed by atoms with Crippen molar-refractivity contribution >= 4 is 15.9 Å². The molecule has 0 aromatic carbocycles. The molecule has 1 aromatic heterocycles. The number of hydrogen-bond donors (Lipinski definition) is 1. The van der Waals surface area contributed by atoms with E-state index < -0.39 is 0 Å². The first-order valence-corrected chi connectivity index (χ1v) is 6.47. The highest BCUT2D eigenvalue weighted by Gasteiger charge is 2.12. The highest BCUT2D eigenvalue weighted by molar-refractivity contribution is 9.10. The van der Waals surface area contributed by atoms with E-state index in [0.29, 0.717) is 0 Å². The second-order valence-electron chi connectivity index (χ2n) is 4.23. The van der Waals surface area contributed by atoms with Crippen molar-refractivity contribution in [1.29, 1.82) is 0 Å². The van der Waals surface area contributed by atoms with Gasteiger partial charge in [0.2, 0.25) is 0 Å². The molecule has 1 aliphatic rings. The molecule has 1 aromatic rings. The Kier molecular flexibility index (Phi) is 4.15. The number of nitrogens with zero attached hydrogens (tertiary/aromatic N) is 1. The van der Waals surface area contributed by atoms with Crippen molar-refractivity contribution in [3.05, 3.63) is 28.5 Å². The van der Waals surface area contributed by atoms with Crippen molar-refractivity contribution in [2.24, 2.45) is 0 Å². The van der Waals surface area contributed by atoms with Gasteiger partial charge in [-0.2, -0.15) is 0 Å². The smallest absolute Gasteiger partial charge is 0.0410 e. The first kappa shape index (κ1) is 11.1. The van der Waals surface area contributed by atoms with Gasteiger partial charge < -0.3 is 5.32 Å². The summed E-state index contributed by atoms with van der Waals surface area (Å²) >= 11 is 3.44. The molecular weight excluding hydrogens is 252 g/mol. The summed E-state index contributed by atoms with van der Waals surface area (Å²) in [6, 6.07) is 2.85. The van der Waals surface area contributed by atoms with E-state index in [9.17, 15) is 0 Å². The van der Waals surface area contributed by atoms with Gasteiger partial charge >= 0.3 is 0 Å². The fourth-order valence-corrected chi connectivity index (χ4v) is 2.53. The summed E-state index contributed by atoms with van der Waals surface area (Å²) in [6.45, 7) is 0.942. The van der Waals surface area contributed by atoms with E-state index in [0.717, 1.165) is 17.1 Å². The van der Waals surface area contributed by atoms with Crippen molar-refractivity contribution < 1.29 is 0 Å². The molecule has 82 valence electrons. The Morgan fingerprint density at radius 2 is 2.07 bits per heavy atom. The van der Waals surface area contributed by atoms with Crippen LogP contribution in [0.25, 0.3) is 0 Å². The molecule has 15 heavy (non-hydrogen) atoms. The quantitative estimate of drug-likeness (QED) is 0.911. The SMILES string of the molecule is Brc1cncc(CNC2CCCCC2)c1. The maximum Gasteiger partial charge on any atom is 0.0410 e. The van der Waals surface area contributed by atoms with Crippen molar-refractivity contribution in [2.75, 3.05) is 0 Å². The zero-order valence-corrected chi connectivity index (χ0v) is 10.5. The number of pyridine rings is 1. The summed E-state index contributed by atoms with van der Waals surface area (Å²) in [7, 11) is 0. The van der Waals surface area contributed by atoms with Crippen molar-refractivity contribution in [2.45, 2.75) is 44.7 Å². The van der Waals surface area contributed by atoms with Gasteiger partial charge in [-0.25, -0.2) is 0 Å². The third kappa shape index (κ3) is 3.58. The summed E-state index contributed by atoms with van der Waals surface area (Å²) in [6.07, 6.45) is 10.6. The fourth-order valence-electron chi connectivity index (χ4n) is 2.12. The summed E-state index contributed by atoms with van der Waals surface area (Å²) < 4.78 is 1.06. The van der Waals surface area contributed by atoms with E-state index in [4.69, 9.17) is 0 Å². The number of hydrogen-bond acceptors (Lipinski definition) is 2. The van der Waals surface area contributed by atoms with Crippen LogP contribution >= 0.6 is 15.9 Å². The van der Waals surface area contributed by atoms with Gasteiger partial charge in [-0.1, -0.05) is 19.3 Å². The first-order chi connectivity index (χ1) is 7.34. The van der Waals surface area contributed by atoms with E-state index >= 15 is 0 Å². The fraction of sp³-hybridized carbons (Fsp3) is 0.583. The molecule has 2 rings (SSSR count). The summed E-state index contributed by atoms with van der Waals surface area (Å²) in [5.74, 6) is 0. The van der Waals surface area contributed by atoms with Crippen molar-refractivity contribution in [3.8, 4) is 0 Å². The third-order valence-electron chi connectivity index (χ3n) is 2.96. The molecule has 0 spiro atoms. The van der Waals surface area contributed by atoms with Crippen LogP contribution in [-0.4, -0.2) is 11.0 Å². The highest BCUT2D eigenvalue weighted by Crippen LogP contribution is 2.18. The maximum absolute atomic E-state index is 4.16. The molecule has 2 nitrogen and oxygen atoms in total. The average Bonchev–Trinajstić information content (AvgIpc) is 2.28. The standard InChI is InChI=1S/C12H17BrN2/c13-11-6-10(7-14-9-11)8-15-12-4-2-1-3-5-12/h6-7,9,12,15H,1-5,8H2. The van der Waals surface area contributed by atoms with Crippen LogP contribution in [0.2, 0.25) is 0 Å². The number of nitrogens with one attached hydrogen (secondary N) is 1. The molecule has 0 radical (unpaired) electrons. The zero-order valence-electron chi connectivity index (χ0n) is 8.88. The molecule has 1 aliphatic carbocycles. The van der Waals surface area contributed by atoms with E-state index in [1.54, 1.807) is 0 Å². The Morgan fingerprint density at radius 1 is 1.27 bits per heavy atom. The van der Waals surface area contributed by atoms with Crippen molar-refractivity contribution in [1.82, 2.24) is 10.3 Å². The van der Waals surface area contributed by atoms with E-state index in [1.807, 2.05) is 12.4 Å². The Labute approximate surface area is 99.6 Å².